The van der Waals surface area contributed by atoms with E-state index < -0.39 is 5.41 Å². The second-order valence-electron chi connectivity index (χ2n) is 5.02. The highest BCUT2D eigenvalue weighted by Crippen LogP contribution is 2.28. The van der Waals surface area contributed by atoms with Crippen molar-refractivity contribution in [2.24, 2.45) is 11.1 Å². The summed E-state index contributed by atoms with van der Waals surface area (Å²) in [7, 11) is 0. The molecule has 16 heavy (non-hydrogen) atoms. The number of nitrogens with two attached hydrogens (primary N) is 1. The number of thiocarbonyl (C=S) groups is 1. The second kappa shape index (κ2) is 5.13. The number of nitrogens with zero attached hydrogens (tertiary/aromatic N) is 1. The molecule has 0 radical (unpaired) electrons. The van der Waals surface area contributed by atoms with Crippen LogP contribution in [0.3, 0.4) is 0 Å². The van der Waals surface area contributed by atoms with Crippen LogP contribution in [0.15, 0.2) is 0 Å². The van der Waals surface area contributed by atoms with Gasteiger partial charge in [0.05, 0.1) is 10.4 Å². The maximum absolute atomic E-state index is 12.4. The van der Waals surface area contributed by atoms with Gasteiger partial charge in [0.15, 0.2) is 0 Å². The van der Waals surface area contributed by atoms with Crippen molar-refractivity contribution in [3.63, 3.8) is 0 Å². The molecule has 1 amide bonds. The monoisotopic (exact) mass is 242 g/mol. The minimum atomic E-state index is -0.714. The van der Waals surface area contributed by atoms with Gasteiger partial charge in [0, 0.05) is 12.6 Å². The van der Waals surface area contributed by atoms with Crippen molar-refractivity contribution >= 4 is 23.1 Å². The SMILES string of the molecule is CCN(C(=O)C(C)(C)C(N)=S)C1CCCC1. The van der Waals surface area contributed by atoms with Gasteiger partial charge in [-0.1, -0.05) is 25.1 Å². The molecule has 4 heteroatoms. The first-order chi connectivity index (χ1) is 7.41. The molecule has 0 saturated heterocycles. The summed E-state index contributed by atoms with van der Waals surface area (Å²) in [4.78, 5) is 14.6. The lowest BCUT2D eigenvalue weighted by Crippen LogP contribution is -2.50. The van der Waals surface area contributed by atoms with E-state index in [9.17, 15) is 4.79 Å². The second-order valence-corrected chi connectivity index (χ2v) is 5.46. The fraction of sp³-hybridized carbons (Fsp3) is 0.833. The van der Waals surface area contributed by atoms with Gasteiger partial charge >= 0.3 is 0 Å². The minimum absolute atomic E-state index is 0.0781. The zero-order valence-corrected chi connectivity index (χ0v) is 11.3. The fourth-order valence-electron chi connectivity index (χ4n) is 2.25. The molecular formula is C12H22N2OS. The lowest BCUT2D eigenvalue weighted by atomic mass is 9.90. The van der Waals surface area contributed by atoms with Gasteiger partial charge in [0.2, 0.25) is 5.91 Å². The van der Waals surface area contributed by atoms with E-state index in [0.717, 1.165) is 19.4 Å². The number of carbonyl (C=O) groups excluding carboxylic acids is 1. The van der Waals surface area contributed by atoms with Crippen LogP contribution >= 0.6 is 12.2 Å². The first-order valence-corrected chi connectivity index (χ1v) is 6.43. The van der Waals surface area contributed by atoms with Crippen molar-refractivity contribution in [3.05, 3.63) is 0 Å². The molecule has 0 aromatic heterocycles. The Bertz CT molecular complexity index is 283. The van der Waals surface area contributed by atoms with Crippen molar-refractivity contribution in [1.29, 1.82) is 0 Å². The van der Waals surface area contributed by atoms with Crippen LogP contribution in [0.5, 0.6) is 0 Å². The van der Waals surface area contributed by atoms with Crippen LogP contribution < -0.4 is 5.73 Å². The molecule has 0 atom stereocenters. The highest BCUT2D eigenvalue weighted by atomic mass is 32.1. The van der Waals surface area contributed by atoms with Crippen LogP contribution in [-0.2, 0) is 4.79 Å². The highest BCUT2D eigenvalue weighted by Gasteiger charge is 2.37. The van der Waals surface area contributed by atoms with E-state index in [2.05, 4.69) is 0 Å². The molecule has 1 fully saturated rings. The maximum Gasteiger partial charge on any atom is 0.235 e. The Hall–Kier alpha value is -0.640. The average molecular weight is 242 g/mol. The summed E-state index contributed by atoms with van der Waals surface area (Å²) < 4.78 is 0. The molecule has 0 aromatic rings. The van der Waals surface area contributed by atoms with Crippen LogP contribution in [0.2, 0.25) is 0 Å². The Morgan fingerprint density at radius 2 is 1.94 bits per heavy atom. The van der Waals surface area contributed by atoms with Crippen molar-refractivity contribution < 1.29 is 4.79 Å². The Morgan fingerprint density at radius 1 is 1.44 bits per heavy atom. The van der Waals surface area contributed by atoms with Gasteiger partial charge in [0.1, 0.15) is 0 Å². The van der Waals surface area contributed by atoms with Crippen molar-refractivity contribution in [1.82, 2.24) is 4.90 Å². The molecule has 1 rings (SSSR count). The lowest BCUT2D eigenvalue weighted by Gasteiger charge is -2.34. The van der Waals surface area contributed by atoms with Gasteiger partial charge < -0.3 is 10.6 Å². The molecule has 0 bridgehead atoms. The molecule has 0 heterocycles. The van der Waals surface area contributed by atoms with E-state index in [0.29, 0.717) is 6.04 Å². The number of hydrogen-bond acceptors (Lipinski definition) is 2. The van der Waals surface area contributed by atoms with Crippen LogP contribution in [0.25, 0.3) is 0 Å². The van der Waals surface area contributed by atoms with Crippen molar-refractivity contribution in [2.45, 2.75) is 52.5 Å². The zero-order valence-electron chi connectivity index (χ0n) is 10.5. The number of carbonyl (C=O) groups is 1. The fourth-order valence-corrected chi connectivity index (χ4v) is 2.34. The molecule has 0 aliphatic heterocycles. The zero-order chi connectivity index (χ0) is 12.3. The van der Waals surface area contributed by atoms with Gasteiger partial charge in [-0.25, -0.2) is 0 Å². The van der Waals surface area contributed by atoms with Gasteiger partial charge in [-0.3, -0.25) is 4.79 Å². The molecule has 1 aliphatic carbocycles. The third-order valence-corrected chi connectivity index (χ3v) is 4.03. The molecule has 2 N–H and O–H groups in total. The van der Waals surface area contributed by atoms with Crippen molar-refractivity contribution in [2.75, 3.05) is 6.54 Å². The summed E-state index contributed by atoms with van der Waals surface area (Å²) in [6.45, 7) is 6.39. The Labute approximate surface area is 103 Å². The van der Waals surface area contributed by atoms with Gasteiger partial charge in [0.25, 0.3) is 0 Å². The lowest BCUT2D eigenvalue weighted by molar-refractivity contribution is -0.139. The molecule has 92 valence electrons. The summed E-state index contributed by atoms with van der Waals surface area (Å²) in [6, 6.07) is 0.395. The molecule has 0 aromatic carbocycles. The van der Waals surface area contributed by atoms with Crippen LogP contribution in [0.4, 0.5) is 0 Å². The normalized spacial score (nSPS) is 17.4. The number of amides is 1. The predicted octanol–water partition coefficient (Wildman–Crippen LogP) is 2.09. The van der Waals surface area contributed by atoms with E-state index in [-0.39, 0.29) is 10.9 Å². The molecular weight excluding hydrogens is 220 g/mol. The third kappa shape index (κ3) is 2.54. The Kier molecular flexibility index (Phi) is 4.30. The third-order valence-electron chi connectivity index (χ3n) is 3.52. The first kappa shape index (κ1) is 13.4. The van der Waals surface area contributed by atoms with Crippen LogP contribution in [0, 0.1) is 5.41 Å². The summed E-state index contributed by atoms with van der Waals surface area (Å²) in [5.74, 6) is 0.0781. The summed E-state index contributed by atoms with van der Waals surface area (Å²) in [5, 5.41) is 0. The van der Waals surface area contributed by atoms with E-state index in [4.69, 9.17) is 18.0 Å². The molecule has 0 spiro atoms. The molecule has 3 nitrogen and oxygen atoms in total. The maximum atomic E-state index is 12.4. The summed E-state index contributed by atoms with van der Waals surface area (Å²) in [5.41, 5.74) is 4.93. The molecule has 1 aliphatic rings. The van der Waals surface area contributed by atoms with E-state index in [1.165, 1.54) is 12.8 Å². The van der Waals surface area contributed by atoms with Gasteiger partial charge in [-0.05, 0) is 33.6 Å². The highest BCUT2D eigenvalue weighted by molar-refractivity contribution is 7.80. The summed E-state index contributed by atoms with van der Waals surface area (Å²) in [6.07, 6.45) is 4.68. The topological polar surface area (TPSA) is 46.3 Å². The average Bonchev–Trinajstić information content (AvgIpc) is 2.71. The van der Waals surface area contributed by atoms with Gasteiger partial charge in [-0.2, -0.15) is 0 Å². The van der Waals surface area contributed by atoms with Crippen LogP contribution in [-0.4, -0.2) is 28.4 Å². The number of hydrogen-bond donors (Lipinski definition) is 1. The van der Waals surface area contributed by atoms with E-state index >= 15 is 0 Å². The van der Waals surface area contributed by atoms with E-state index in [1.54, 1.807) is 0 Å². The van der Waals surface area contributed by atoms with Crippen molar-refractivity contribution in [3.8, 4) is 0 Å². The number of rotatable bonds is 4. The largest absolute Gasteiger partial charge is 0.392 e. The van der Waals surface area contributed by atoms with Gasteiger partial charge in [-0.15, -0.1) is 0 Å². The Balaban J connectivity index is 2.80. The van der Waals surface area contributed by atoms with E-state index in [1.807, 2.05) is 25.7 Å². The standard InChI is InChI=1S/C12H22N2OS/c1-4-14(9-7-5-6-8-9)11(15)12(2,3)10(13)16/h9H,4-8H2,1-3H3,(H2,13,16). The Morgan fingerprint density at radius 3 is 2.31 bits per heavy atom. The quantitative estimate of drug-likeness (QED) is 0.768. The molecule has 1 saturated carbocycles. The smallest absolute Gasteiger partial charge is 0.235 e. The summed E-state index contributed by atoms with van der Waals surface area (Å²) >= 11 is 4.98. The predicted molar refractivity (Wildman–Crippen MR) is 70.2 cm³/mol. The van der Waals surface area contributed by atoms with Crippen LogP contribution in [0.1, 0.15) is 46.5 Å². The molecule has 0 unspecified atom stereocenters. The minimum Gasteiger partial charge on any atom is -0.392 e. The first-order valence-electron chi connectivity index (χ1n) is 6.02.